The fraction of sp³-hybridized carbons (Fsp3) is 0.100. The Morgan fingerprint density at radius 1 is 0.833 bits per heavy atom. The molecule has 5 rings (SSSR count). The Labute approximate surface area is 208 Å². The lowest BCUT2D eigenvalue weighted by Crippen LogP contribution is -2.54. The zero-order valence-electron chi connectivity index (χ0n) is 19.9. The topological polar surface area (TPSA) is 75.7 Å². The highest BCUT2D eigenvalue weighted by Gasteiger charge is 2.37. The third-order valence-corrected chi connectivity index (χ3v) is 6.01. The van der Waals surface area contributed by atoms with Gasteiger partial charge >= 0.3 is 6.03 Å². The summed E-state index contributed by atoms with van der Waals surface area (Å²) in [5, 5.41) is 4.04. The molecule has 178 valence electrons. The Balaban J connectivity index is 1.58. The number of imide groups is 2. The van der Waals surface area contributed by atoms with Gasteiger partial charge in [-0.05, 0) is 54.5 Å². The lowest BCUT2D eigenvalue weighted by Gasteiger charge is -2.26. The number of rotatable bonds is 5. The first-order chi connectivity index (χ1) is 17.4. The summed E-state index contributed by atoms with van der Waals surface area (Å²) in [5.41, 5.74) is 4.13. The lowest BCUT2D eigenvalue weighted by molar-refractivity contribution is -0.122. The minimum atomic E-state index is -0.780. The number of para-hydroxylation sites is 1. The number of carbonyl (C=O) groups is 3. The number of hydrogen-bond acceptors (Lipinski definition) is 4. The van der Waals surface area contributed by atoms with E-state index in [2.05, 4.69) is 23.5 Å². The maximum absolute atomic E-state index is 13.4. The van der Waals surface area contributed by atoms with Crippen LogP contribution in [0.4, 0.5) is 10.5 Å². The van der Waals surface area contributed by atoms with E-state index in [1.165, 1.54) is 6.08 Å². The molecule has 1 N–H and O–H groups in total. The van der Waals surface area contributed by atoms with E-state index < -0.39 is 17.8 Å². The first-order valence-electron chi connectivity index (χ1n) is 11.6. The molecule has 0 aromatic heterocycles. The SMILES string of the molecule is Cc1cc(C)cc(COc2ccc3ccccc3c2/C=C2\C(=O)NC(=O)N(c3ccccc3)C2=O)c1. The number of barbiturate groups is 1. The molecule has 0 saturated carbocycles. The van der Waals surface area contributed by atoms with Crippen LogP contribution < -0.4 is 15.0 Å². The summed E-state index contributed by atoms with van der Waals surface area (Å²) in [7, 11) is 0. The van der Waals surface area contributed by atoms with Crippen molar-refractivity contribution >= 4 is 40.4 Å². The van der Waals surface area contributed by atoms with Gasteiger partial charge in [-0.25, -0.2) is 9.69 Å². The molecule has 0 spiro atoms. The molecule has 0 bridgehead atoms. The zero-order chi connectivity index (χ0) is 25.2. The van der Waals surface area contributed by atoms with Crippen molar-refractivity contribution in [1.82, 2.24) is 5.32 Å². The van der Waals surface area contributed by atoms with Gasteiger partial charge in [-0.3, -0.25) is 14.9 Å². The van der Waals surface area contributed by atoms with Crippen LogP contribution in [0.3, 0.4) is 0 Å². The Morgan fingerprint density at radius 3 is 2.28 bits per heavy atom. The van der Waals surface area contributed by atoms with Crippen LogP contribution >= 0.6 is 0 Å². The molecular formula is C30H24N2O4. The van der Waals surface area contributed by atoms with Gasteiger partial charge in [0.15, 0.2) is 0 Å². The van der Waals surface area contributed by atoms with E-state index in [1.807, 2.05) is 50.2 Å². The van der Waals surface area contributed by atoms with Crippen molar-refractivity contribution in [2.45, 2.75) is 20.5 Å². The van der Waals surface area contributed by atoms with Gasteiger partial charge in [0.25, 0.3) is 11.8 Å². The molecule has 4 aromatic carbocycles. The van der Waals surface area contributed by atoms with E-state index >= 15 is 0 Å². The number of urea groups is 1. The van der Waals surface area contributed by atoms with Gasteiger partial charge in [0.1, 0.15) is 17.9 Å². The Kier molecular flexibility index (Phi) is 6.09. The van der Waals surface area contributed by atoms with Crippen LogP contribution in [0.5, 0.6) is 5.75 Å². The van der Waals surface area contributed by atoms with E-state index in [9.17, 15) is 14.4 Å². The van der Waals surface area contributed by atoms with Gasteiger partial charge in [-0.15, -0.1) is 0 Å². The summed E-state index contributed by atoms with van der Waals surface area (Å²) in [5.74, 6) is -0.905. The fourth-order valence-corrected chi connectivity index (χ4v) is 4.48. The van der Waals surface area contributed by atoms with Gasteiger partial charge in [0.05, 0.1) is 5.69 Å². The summed E-state index contributed by atoms with van der Waals surface area (Å²) < 4.78 is 6.22. The van der Waals surface area contributed by atoms with Crippen molar-refractivity contribution in [1.29, 1.82) is 0 Å². The maximum Gasteiger partial charge on any atom is 0.335 e. The molecule has 1 fully saturated rings. The summed E-state index contributed by atoms with van der Waals surface area (Å²) in [6, 6.07) is 25.4. The van der Waals surface area contributed by atoms with Crippen molar-refractivity contribution < 1.29 is 19.1 Å². The quantitative estimate of drug-likeness (QED) is 0.296. The third kappa shape index (κ3) is 4.49. The molecule has 0 unspecified atom stereocenters. The highest BCUT2D eigenvalue weighted by molar-refractivity contribution is 6.39. The van der Waals surface area contributed by atoms with Crippen molar-refractivity contribution in [2.75, 3.05) is 4.90 Å². The molecule has 36 heavy (non-hydrogen) atoms. The van der Waals surface area contributed by atoms with Gasteiger partial charge in [0, 0.05) is 5.56 Å². The van der Waals surface area contributed by atoms with Crippen LogP contribution in [0.15, 0.2) is 90.5 Å². The Hall–Kier alpha value is -4.71. The first kappa shape index (κ1) is 23.1. The number of ether oxygens (including phenoxy) is 1. The maximum atomic E-state index is 13.4. The number of hydrogen-bond donors (Lipinski definition) is 1. The predicted molar refractivity (Wildman–Crippen MR) is 140 cm³/mol. The van der Waals surface area contributed by atoms with Crippen LogP contribution in [0.1, 0.15) is 22.3 Å². The van der Waals surface area contributed by atoms with Crippen molar-refractivity contribution in [3.8, 4) is 5.75 Å². The first-order valence-corrected chi connectivity index (χ1v) is 11.6. The van der Waals surface area contributed by atoms with E-state index in [1.54, 1.807) is 30.3 Å². The highest BCUT2D eigenvalue weighted by atomic mass is 16.5. The van der Waals surface area contributed by atoms with Gasteiger partial charge in [-0.1, -0.05) is 77.9 Å². The highest BCUT2D eigenvalue weighted by Crippen LogP contribution is 2.32. The average molecular weight is 477 g/mol. The third-order valence-electron chi connectivity index (χ3n) is 6.01. The molecule has 6 nitrogen and oxygen atoms in total. The van der Waals surface area contributed by atoms with E-state index in [-0.39, 0.29) is 5.57 Å². The molecule has 4 amide bonds. The zero-order valence-corrected chi connectivity index (χ0v) is 19.9. The molecule has 0 aliphatic carbocycles. The van der Waals surface area contributed by atoms with Crippen LogP contribution in [-0.2, 0) is 16.2 Å². The molecule has 1 saturated heterocycles. The number of nitrogens with one attached hydrogen (secondary N) is 1. The van der Waals surface area contributed by atoms with E-state index in [4.69, 9.17) is 4.74 Å². The van der Waals surface area contributed by atoms with Crippen molar-refractivity contribution in [3.63, 3.8) is 0 Å². The van der Waals surface area contributed by atoms with Crippen LogP contribution in [0.2, 0.25) is 0 Å². The number of benzene rings is 4. The van der Waals surface area contributed by atoms with Crippen LogP contribution in [0, 0.1) is 13.8 Å². The number of anilines is 1. The molecule has 4 aromatic rings. The molecule has 1 aliphatic heterocycles. The van der Waals surface area contributed by atoms with Crippen molar-refractivity contribution in [2.24, 2.45) is 0 Å². The second kappa shape index (κ2) is 9.50. The largest absolute Gasteiger partial charge is 0.488 e. The van der Waals surface area contributed by atoms with E-state index in [0.29, 0.717) is 23.6 Å². The second-order valence-electron chi connectivity index (χ2n) is 8.78. The molecule has 6 heteroatoms. The standard InChI is InChI=1S/C30H24N2O4/c1-19-14-20(2)16-21(15-19)18-36-27-13-12-22-8-6-7-11-24(22)25(27)17-26-28(33)31-30(35)32(29(26)34)23-9-4-3-5-10-23/h3-17H,18H2,1-2H3,(H,31,33,35)/b26-17+. The number of amides is 4. The summed E-state index contributed by atoms with van der Waals surface area (Å²) in [6.07, 6.45) is 1.51. The monoisotopic (exact) mass is 476 g/mol. The molecule has 1 heterocycles. The minimum Gasteiger partial charge on any atom is -0.488 e. The number of aryl methyl sites for hydroxylation is 2. The molecular weight excluding hydrogens is 452 g/mol. The predicted octanol–water partition coefficient (Wildman–Crippen LogP) is 5.70. The average Bonchev–Trinajstić information content (AvgIpc) is 2.85. The van der Waals surface area contributed by atoms with Gasteiger partial charge in [0.2, 0.25) is 0 Å². The number of fused-ring (bicyclic) bond motifs is 1. The summed E-state index contributed by atoms with van der Waals surface area (Å²) in [4.78, 5) is 39.7. The van der Waals surface area contributed by atoms with Crippen LogP contribution in [-0.4, -0.2) is 17.8 Å². The Bertz CT molecular complexity index is 1520. The number of carbonyl (C=O) groups excluding carboxylic acids is 3. The molecule has 0 atom stereocenters. The van der Waals surface area contributed by atoms with E-state index in [0.717, 1.165) is 32.4 Å². The smallest absolute Gasteiger partial charge is 0.335 e. The normalized spacial score (nSPS) is 14.9. The minimum absolute atomic E-state index is 0.147. The van der Waals surface area contributed by atoms with Gasteiger partial charge in [-0.2, -0.15) is 0 Å². The molecule has 0 radical (unpaired) electrons. The Morgan fingerprint density at radius 2 is 1.53 bits per heavy atom. The molecule has 1 aliphatic rings. The van der Waals surface area contributed by atoms with Crippen LogP contribution in [0.25, 0.3) is 16.8 Å². The second-order valence-corrected chi connectivity index (χ2v) is 8.78. The van der Waals surface area contributed by atoms with Crippen molar-refractivity contribution in [3.05, 3.63) is 113 Å². The summed E-state index contributed by atoms with van der Waals surface area (Å²) >= 11 is 0. The fourth-order valence-electron chi connectivity index (χ4n) is 4.48. The summed E-state index contributed by atoms with van der Waals surface area (Å²) in [6.45, 7) is 4.40. The number of nitrogens with zero attached hydrogens (tertiary/aromatic N) is 1. The van der Waals surface area contributed by atoms with Gasteiger partial charge < -0.3 is 4.74 Å². The lowest BCUT2D eigenvalue weighted by atomic mass is 9.99.